The Balaban J connectivity index is 2.06. The van der Waals surface area contributed by atoms with Gasteiger partial charge in [-0.05, 0) is 24.0 Å². The summed E-state index contributed by atoms with van der Waals surface area (Å²) in [6.07, 6.45) is 0.831. The van der Waals surface area contributed by atoms with Gasteiger partial charge < -0.3 is 10.2 Å². The van der Waals surface area contributed by atoms with Crippen LogP contribution in [-0.4, -0.2) is 22.8 Å². The van der Waals surface area contributed by atoms with Gasteiger partial charge in [-0.3, -0.25) is 9.59 Å². The third kappa shape index (κ3) is 3.12. The van der Waals surface area contributed by atoms with Gasteiger partial charge in [0.1, 0.15) is 11.6 Å². The van der Waals surface area contributed by atoms with Crippen molar-refractivity contribution < 1.29 is 9.59 Å². The molecule has 0 spiro atoms. The first-order valence-corrected chi connectivity index (χ1v) is 9.20. The molecule has 1 N–H and O–H groups in total. The van der Waals surface area contributed by atoms with Crippen LogP contribution in [0.15, 0.2) is 60.7 Å². The minimum atomic E-state index is -1.03. The molecule has 0 aromatic heterocycles. The third-order valence-corrected chi connectivity index (χ3v) is 5.53. The molecule has 3 unspecified atom stereocenters. The summed E-state index contributed by atoms with van der Waals surface area (Å²) in [6, 6.07) is 18.9. The molecule has 1 heterocycles. The van der Waals surface area contributed by atoms with Crippen LogP contribution in [0, 0.1) is 5.92 Å². The molecule has 1 fully saturated rings. The molecule has 26 heavy (non-hydrogen) atoms. The lowest BCUT2D eigenvalue weighted by Gasteiger charge is -2.47. The molecule has 4 heteroatoms. The van der Waals surface area contributed by atoms with Crippen molar-refractivity contribution in [2.75, 3.05) is 0 Å². The second kappa shape index (κ2) is 7.32. The van der Waals surface area contributed by atoms with Gasteiger partial charge in [0.15, 0.2) is 0 Å². The molecule has 2 aromatic carbocycles. The lowest BCUT2D eigenvalue weighted by Crippen LogP contribution is -2.68. The Morgan fingerprint density at radius 2 is 1.62 bits per heavy atom. The monoisotopic (exact) mass is 350 g/mol. The lowest BCUT2D eigenvalue weighted by atomic mass is 9.83. The minimum Gasteiger partial charge on any atom is -0.342 e. The highest BCUT2D eigenvalue weighted by Gasteiger charge is 2.51. The first-order valence-electron chi connectivity index (χ1n) is 9.20. The summed E-state index contributed by atoms with van der Waals surface area (Å²) in [5, 5.41) is 2.99. The van der Waals surface area contributed by atoms with Gasteiger partial charge >= 0.3 is 0 Å². The van der Waals surface area contributed by atoms with Crippen LogP contribution in [0.25, 0.3) is 0 Å². The lowest BCUT2D eigenvalue weighted by molar-refractivity contribution is -0.159. The summed E-state index contributed by atoms with van der Waals surface area (Å²) in [6.45, 7) is 6.29. The molecule has 3 atom stereocenters. The molecule has 1 aliphatic heterocycles. The van der Waals surface area contributed by atoms with Gasteiger partial charge in [-0.15, -0.1) is 0 Å². The summed E-state index contributed by atoms with van der Waals surface area (Å²) in [4.78, 5) is 28.3. The van der Waals surface area contributed by atoms with E-state index in [4.69, 9.17) is 0 Å². The molecule has 0 bridgehead atoms. The van der Waals surface area contributed by atoms with Crippen molar-refractivity contribution in [2.45, 2.75) is 45.3 Å². The average molecular weight is 350 g/mol. The SMILES string of the molecule is CCC(C)C1NC(=O)C(C)(c2ccccc2)N(Cc2ccccc2)C1=O. The molecule has 2 amide bonds. The van der Waals surface area contributed by atoms with E-state index in [1.54, 1.807) is 4.90 Å². The molecule has 2 aromatic rings. The van der Waals surface area contributed by atoms with E-state index in [0.29, 0.717) is 6.54 Å². The molecule has 0 radical (unpaired) electrons. The van der Waals surface area contributed by atoms with Gasteiger partial charge in [0.2, 0.25) is 5.91 Å². The Hall–Kier alpha value is -2.62. The molecule has 3 rings (SSSR count). The number of hydrogen-bond donors (Lipinski definition) is 1. The third-order valence-electron chi connectivity index (χ3n) is 5.53. The van der Waals surface area contributed by atoms with Crippen molar-refractivity contribution in [3.63, 3.8) is 0 Å². The number of amides is 2. The Bertz CT molecular complexity index is 775. The number of nitrogens with one attached hydrogen (secondary N) is 1. The predicted molar refractivity (Wildman–Crippen MR) is 102 cm³/mol. The number of carbonyl (C=O) groups excluding carboxylic acids is 2. The quantitative estimate of drug-likeness (QED) is 0.897. The van der Waals surface area contributed by atoms with Crippen LogP contribution in [0.1, 0.15) is 38.3 Å². The predicted octanol–water partition coefficient (Wildman–Crippen LogP) is 3.48. The first-order chi connectivity index (χ1) is 12.5. The average Bonchev–Trinajstić information content (AvgIpc) is 2.69. The maximum atomic E-state index is 13.4. The van der Waals surface area contributed by atoms with Gasteiger partial charge in [0.25, 0.3) is 5.91 Å². The number of piperazine rings is 1. The molecule has 136 valence electrons. The highest BCUT2D eigenvalue weighted by molar-refractivity contribution is 6.00. The fourth-order valence-electron chi connectivity index (χ4n) is 3.53. The van der Waals surface area contributed by atoms with E-state index in [1.165, 1.54) is 0 Å². The normalized spacial score (nSPS) is 24.3. The fourth-order valence-corrected chi connectivity index (χ4v) is 3.53. The zero-order valence-electron chi connectivity index (χ0n) is 15.6. The van der Waals surface area contributed by atoms with E-state index in [2.05, 4.69) is 5.32 Å². The van der Waals surface area contributed by atoms with Crippen molar-refractivity contribution in [1.82, 2.24) is 10.2 Å². The summed E-state index contributed by atoms with van der Waals surface area (Å²) in [7, 11) is 0. The zero-order chi connectivity index (χ0) is 18.7. The molecular weight excluding hydrogens is 324 g/mol. The Labute approximate surface area is 155 Å². The highest BCUT2D eigenvalue weighted by atomic mass is 16.2. The van der Waals surface area contributed by atoms with Crippen molar-refractivity contribution in [3.05, 3.63) is 71.8 Å². The standard InChI is InChI=1S/C22H26N2O2/c1-4-16(2)19-20(25)24(15-17-11-7-5-8-12-17)22(3,21(26)23-19)18-13-9-6-10-14-18/h5-14,16,19H,4,15H2,1-3H3,(H,23,26). The summed E-state index contributed by atoms with van der Waals surface area (Å²) < 4.78 is 0. The van der Waals surface area contributed by atoms with Crippen LogP contribution in [0.4, 0.5) is 0 Å². The maximum absolute atomic E-state index is 13.4. The first kappa shape index (κ1) is 18.2. The van der Waals surface area contributed by atoms with E-state index < -0.39 is 11.6 Å². The summed E-state index contributed by atoms with van der Waals surface area (Å²) >= 11 is 0. The molecule has 0 aliphatic carbocycles. The van der Waals surface area contributed by atoms with Crippen molar-refractivity contribution in [3.8, 4) is 0 Å². The van der Waals surface area contributed by atoms with E-state index in [-0.39, 0.29) is 17.7 Å². The summed E-state index contributed by atoms with van der Waals surface area (Å²) in [5.74, 6) is -0.0521. The zero-order valence-corrected chi connectivity index (χ0v) is 15.6. The number of carbonyl (C=O) groups is 2. The smallest absolute Gasteiger partial charge is 0.251 e. The van der Waals surface area contributed by atoms with Crippen LogP contribution < -0.4 is 5.32 Å². The van der Waals surface area contributed by atoms with Crippen molar-refractivity contribution >= 4 is 11.8 Å². The Kier molecular flexibility index (Phi) is 5.12. The van der Waals surface area contributed by atoms with Crippen LogP contribution in [-0.2, 0) is 21.7 Å². The van der Waals surface area contributed by atoms with Crippen molar-refractivity contribution in [1.29, 1.82) is 0 Å². The Morgan fingerprint density at radius 1 is 1.04 bits per heavy atom. The van der Waals surface area contributed by atoms with Gasteiger partial charge in [-0.2, -0.15) is 0 Å². The molecular formula is C22H26N2O2. The molecule has 1 aliphatic rings. The maximum Gasteiger partial charge on any atom is 0.251 e. The Morgan fingerprint density at radius 3 is 2.19 bits per heavy atom. The molecule has 1 saturated heterocycles. The second-order valence-corrected chi connectivity index (χ2v) is 7.18. The van der Waals surface area contributed by atoms with Gasteiger partial charge in [0, 0.05) is 6.54 Å². The highest BCUT2D eigenvalue weighted by Crippen LogP contribution is 2.35. The topological polar surface area (TPSA) is 49.4 Å². The van der Waals surface area contributed by atoms with Crippen LogP contribution >= 0.6 is 0 Å². The molecule has 0 saturated carbocycles. The number of benzene rings is 2. The van der Waals surface area contributed by atoms with Gasteiger partial charge in [0.05, 0.1) is 0 Å². The second-order valence-electron chi connectivity index (χ2n) is 7.18. The van der Waals surface area contributed by atoms with Gasteiger partial charge in [-0.1, -0.05) is 80.9 Å². The minimum absolute atomic E-state index is 0.0193. The van der Waals surface area contributed by atoms with E-state index >= 15 is 0 Å². The van der Waals surface area contributed by atoms with Crippen LogP contribution in [0.3, 0.4) is 0 Å². The number of nitrogens with zero attached hydrogens (tertiary/aromatic N) is 1. The van der Waals surface area contributed by atoms with E-state index in [0.717, 1.165) is 17.5 Å². The van der Waals surface area contributed by atoms with E-state index in [9.17, 15) is 9.59 Å². The number of rotatable bonds is 5. The van der Waals surface area contributed by atoms with E-state index in [1.807, 2.05) is 81.4 Å². The largest absolute Gasteiger partial charge is 0.342 e. The van der Waals surface area contributed by atoms with Gasteiger partial charge in [-0.25, -0.2) is 0 Å². The summed E-state index contributed by atoms with van der Waals surface area (Å²) in [5.41, 5.74) is 0.808. The number of hydrogen-bond acceptors (Lipinski definition) is 2. The molecule has 4 nitrogen and oxygen atoms in total. The fraction of sp³-hybridized carbons (Fsp3) is 0.364. The van der Waals surface area contributed by atoms with Crippen LogP contribution in [0.5, 0.6) is 0 Å². The van der Waals surface area contributed by atoms with Crippen LogP contribution in [0.2, 0.25) is 0 Å². The van der Waals surface area contributed by atoms with Crippen molar-refractivity contribution in [2.24, 2.45) is 5.92 Å².